The Labute approximate surface area is 156 Å². The SMILES string of the molecule is Cc1nn(C)c(C)c1-c1cc(C(=O)Nc2ccc3c(c2)OC(C)(C)O3)[nH]n1. The first-order chi connectivity index (χ1) is 12.7. The van der Waals surface area contributed by atoms with Gasteiger partial charge in [-0.1, -0.05) is 0 Å². The molecule has 3 aromatic rings. The number of anilines is 1. The van der Waals surface area contributed by atoms with Gasteiger partial charge >= 0.3 is 0 Å². The lowest BCUT2D eigenvalue weighted by Gasteiger charge is -2.16. The van der Waals surface area contributed by atoms with Crippen molar-refractivity contribution in [2.24, 2.45) is 7.05 Å². The minimum Gasteiger partial charge on any atom is -0.449 e. The number of nitrogens with one attached hydrogen (secondary N) is 2. The van der Waals surface area contributed by atoms with Crippen molar-refractivity contribution in [2.75, 3.05) is 5.32 Å². The number of benzene rings is 1. The highest BCUT2D eigenvalue weighted by Crippen LogP contribution is 2.40. The Balaban J connectivity index is 1.54. The van der Waals surface area contributed by atoms with E-state index in [0.717, 1.165) is 17.0 Å². The molecule has 0 saturated carbocycles. The summed E-state index contributed by atoms with van der Waals surface area (Å²) in [5.41, 5.74) is 4.46. The zero-order chi connectivity index (χ0) is 19.3. The molecule has 0 aliphatic carbocycles. The lowest BCUT2D eigenvalue weighted by atomic mass is 10.1. The molecule has 0 spiro atoms. The standard InChI is InChI=1S/C19H21N5O3/c1-10-17(11(2)24(5)23-10)13-9-14(22-21-13)18(25)20-12-6-7-15-16(8-12)27-19(3,4)26-15/h6-9H,1-5H3,(H,20,25)(H,21,22). The van der Waals surface area contributed by atoms with Gasteiger partial charge < -0.3 is 14.8 Å². The summed E-state index contributed by atoms with van der Waals surface area (Å²) >= 11 is 0. The number of rotatable bonds is 3. The van der Waals surface area contributed by atoms with Gasteiger partial charge in [0.1, 0.15) is 5.69 Å². The van der Waals surface area contributed by atoms with E-state index in [4.69, 9.17) is 9.47 Å². The van der Waals surface area contributed by atoms with Gasteiger partial charge in [-0.15, -0.1) is 0 Å². The fourth-order valence-corrected chi connectivity index (χ4v) is 3.21. The number of nitrogens with zero attached hydrogens (tertiary/aromatic N) is 3. The van der Waals surface area contributed by atoms with Crippen molar-refractivity contribution in [2.45, 2.75) is 33.5 Å². The molecule has 0 radical (unpaired) electrons. The summed E-state index contributed by atoms with van der Waals surface area (Å²) in [6, 6.07) is 7.02. The summed E-state index contributed by atoms with van der Waals surface area (Å²) in [5, 5.41) is 14.3. The van der Waals surface area contributed by atoms with Crippen LogP contribution in [0.1, 0.15) is 35.7 Å². The molecule has 8 heteroatoms. The quantitative estimate of drug-likeness (QED) is 0.741. The van der Waals surface area contributed by atoms with Gasteiger partial charge in [-0.2, -0.15) is 10.2 Å². The van der Waals surface area contributed by atoms with Gasteiger partial charge in [-0.05, 0) is 32.0 Å². The maximum absolute atomic E-state index is 12.6. The van der Waals surface area contributed by atoms with E-state index in [1.807, 2.05) is 34.7 Å². The van der Waals surface area contributed by atoms with Crippen molar-refractivity contribution >= 4 is 11.6 Å². The van der Waals surface area contributed by atoms with E-state index in [2.05, 4.69) is 20.6 Å². The van der Waals surface area contributed by atoms with Crippen LogP contribution in [0.25, 0.3) is 11.3 Å². The zero-order valence-corrected chi connectivity index (χ0v) is 15.9. The Morgan fingerprint density at radius 3 is 2.63 bits per heavy atom. The van der Waals surface area contributed by atoms with Crippen molar-refractivity contribution in [1.82, 2.24) is 20.0 Å². The van der Waals surface area contributed by atoms with Crippen LogP contribution in [-0.4, -0.2) is 31.7 Å². The van der Waals surface area contributed by atoms with Crippen LogP contribution in [0.15, 0.2) is 24.3 Å². The molecule has 2 N–H and O–H groups in total. The molecule has 0 atom stereocenters. The molecular formula is C19H21N5O3. The fraction of sp³-hybridized carbons (Fsp3) is 0.316. The van der Waals surface area contributed by atoms with E-state index in [1.165, 1.54) is 0 Å². The molecule has 3 heterocycles. The Kier molecular flexibility index (Phi) is 3.73. The minimum absolute atomic E-state index is 0.286. The molecule has 2 aromatic heterocycles. The minimum atomic E-state index is -0.706. The smallest absolute Gasteiger partial charge is 0.273 e. The van der Waals surface area contributed by atoms with Crippen LogP contribution >= 0.6 is 0 Å². The van der Waals surface area contributed by atoms with E-state index in [-0.39, 0.29) is 5.91 Å². The van der Waals surface area contributed by atoms with Crippen LogP contribution in [-0.2, 0) is 7.05 Å². The van der Waals surface area contributed by atoms with E-state index in [0.29, 0.717) is 28.6 Å². The summed E-state index contributed by atoms with van der Waals surface area (Å²) in [7, 11) is 1.88. The number of fused-ring (bicyclic) bond motifs is 1. The van der Waals surface area contributed by atoms with Gasteiger partial charge in [0.15, 0.2) is 11.5 Å². The third-order valence-electron chi connectivity index (χ3n) is 4.50. The van der Waals surface area contributed by atoms with Crippen LogP contribution in [0.3, 0.4) is 0 Å². The van der Waals surface area contributed by atoms with E-state index < -0.39 is 5.79 Å². The largest absolute Gasteiger partial charge is 0.449 e. The first-order valence-corrected chi connectivity index (χ1v) is 8.63. The predicted molar refractivity (Wildman–Crippen MR) is 100.0 cm³/mol. The average Bonchev–Trinajstić information content (AvgIpc) is 3.23. The monoisotopic (exact) mass is 367 g/mol. The topological polar surface area (TPSA) is 94.1 Å². The highest BCUT2D eigenvalue weighted by atomic mass is 16.7. The summed E-state index contributed by atoms with van der Waals surface area (Å²) in [6.45, 7) is 7.56. The molecule has 8 nitrogen and oxygen atoms in total. The van der Waals surface area contributed by atoms with Gasteiger partial charge in [-0.25, -0.2) is 0 Å². The number of H-pyrrole nitrogens is 1. The molecular weight excluding hydrogens is 346 g/mol. The normalized spacial score (nSPS) is 14.4. The van der Waals surface area contributed by atoms with Crippen LogP contribution < -0.4 is 14.8 Å². The van der Waals surface area contributed by atoms with E-state index >= 15 is 0 Å². The number of aryl methyl sites for hydroxylation is 2. The highest BCUT2D eigenvalue weighted by Gasteiger charge is 2.31. The van der Waals surface area contributed by atoms with Gasteiger partial charge in [0.2, 0.25) is 5.79 Å². The van der Waals surface area contributed by atoms with Crippen molar-refractivity contribution in [3.8, 4) is 22.8 Å². The highest BCUT2D eigenvalue weighted by molar-refractivity contribution is 6.03. The number of aromatic amines is 1. The van der Waals surface area contributed by atoms with Crippen molar-refractivity contribution in [1.29, 1.82) is 0 Å². The van der Waals surface area contributed by atoms with Crippen LogP contribution in [0, 0.1) is 13.8 Å². The van der Waals surface area contributed by atoms with Crippen molar-refractivity contribution in [3.63, 3.8) is 0 Å². The molecule has 4 rings (SSSR count). The zero-order valence-electron chi connectivity index (χ0n) is 15.9. The van der Waals surface area contributed by atoms with Crippen LogP contribution in [0.5, 0.6) is 11.5 Å². The maximum atomic E-state index is 12.6. The maximum Gasteiger partial charge on any atom is 0.273 e. The molecule has 27 heavy (non-hydrogen) atoms. The van der Waals surface area contributed by atoms with E-state index in [9.17, 15) is 4.79 Å². The molecule has 1 aliphatic heterocycles. The van der Waals surface area contributed by atoms with Gasteiger partial charge in [0.05, 0.1) is 11.4 Å². The Morgan fingerprint density at radius 1 is 1.19 bits per heavy atom. The third kappa shape index (κ3) is 3.03. The first kappa shape index (κ1) is 17.1. The molecule has 0 saturated heterocycles. The molecule has 0 bridgehead atoms. The number of hydrogen-bond donors (Lipinski definition) is 2. The number of hydrogen-bond acceptors (Lipinski definition) is 5. The third-order valence-corrected chi connectivity index (χ3v) is 4.50. The van der Waals surface area contributed by atoms with Gasteiger partial charge in [0.25, 0.3) is 5.91 Å². The number of ether oxygens (including phenoxy) is 2. The summed E-state index contributed by atoms with van der Waals surface area (Å²) in [6.07, 6.45) is 0. The number of aromatic nitrogens is 4. The Hall–Kier alpha value is -3.29. The molecule has 1 amide bonds. The number of carbonyl (C=O) groups excluding carboxylic acids is 1. The van der Waals surface area contributed by atoms with E-state index in [1.54, 1.807) is 28.9 Å². The fourth-order valence-electron chi connectivity index (χ4n) is 3.21. The molecule has 1 aromatic carbocycles. The molecule has 140 valence electrons. The predicted octanol–water partition coefficient (Wildman–Crippen LogP) is 3.19. The summed E-state index contributed by atoms with van der Waals surface area (Å²) in [4.78, 5) is 12.6. The second-order valence-electron chi connectivity index (χ2n) is 7.06. The number of carbonyl (C=O) groups is 1. The average molecular weight is 367 g/mol. The summed E-state index contributed by atoms with van der Waals surface area (Å²) in [5.74, 6) is 0.267. The molecule has 1 aliphatic rings. The second kappa shape index (κ2) is 5.87. The molecule has 0 fully saturated rings. The first-order valence-electron chi connectivity index (χ1n) is 8.63. The van der Waals surface area contributed by atoms with Gasteiger partial charge in [-0.3, -0.25) is 14.6 Å². The second-order valence-corrected chi connectivity index (χ2v) is 7.06. The lowest BCUT2D eigenvalue weighted by molar-refractivity contribution is -0.0431. The van der Waals surface area contributed by atoms with Crippen molar-refractivity contribution < 1.29 is 14.3 Å². The van der Waals surface area contributed by atoms with Crippen molar-refractivity contribution in [3.05, 3.63) is 41.3 Å². The van der Waals surface area contributed by atoms with Crippen LogP contribution in [0.4, 0.5) is 5.69 Å². The Morgan fingerprint density at radius 2 is 1.93 bits per heavy atom. The van der Waals surface area contributed by atoms with Crippen LogP contribution in [0.2, 0.25) is 0 Å². The van der Waals surface area contributed by atoms with Gasteiger partial charge in [0, 0.05) is 43.9 Å². The molecule has 0 unspecified atom stereocenters. The summed E-state index contributed by atoms with van der Waals surface area (Å²) < 4.78 is 13.2. The Bertz CT molecular complexity index is 1050. The number of amides is 1. The lowest BCUT2D eigenvalue weighted by Crippen LogP contribution is -2.29.